The molecule has 494 valence electrons. The second-order valence-corrected chi connectivity index (χ2v) is 26.1. The van der Waals surface area contributed by atoms with Crippen LogP contribution in [-0.2, 0) is 19.1 Å². The monoisotopic (exact) mass is 1180 g/mol. The fourth-order valence-corrected chi connectivity index (χ4v) is 12.0. The predicted molar refractivity (Wildman–Crippen MR) is 371 cm³/mol. The van der Waals surface area contributed by atoms with Gasteiger partial charge in [-0.15, -0.1) is 0 Å². The maximum absolute atomic E-state index is 12.4. The molecular formula is C79H148O5. The second-order valence-electron chi connectivity index (χ2n) is 26.1. The average molecular weight is 1180 g/mol. The van der Waals surface area contributed by atoms with E-state index in [2.05, 4.69) is 62.5 Å². The van der Waals surface area contributed by atoms with E-state index in [1.54, 1.807) is 0 Å². The number of aliphatic hydroxyl groups excluding tert-OH is 1. The molecule has 0 aliphatic heterocycles. The maximum atomic E-state index is 12.4. The van der Waals surface area contributed by atoms with E-state index in [1.807, 2.05) is 0 Å². The van der Waals surface area contributed by atoms with Crippen molar-refractivity contribution in [3.05, 3.63) is 48.6 Å². The number of aliphatic hydroxyl groups is 1. The van der Waals surface area contributed by atoms with Crippen LogP contribution in [0, 0.1) is 0 Å². The highest BCUT2D eigenvalue weighted by molar-refractivity contribution is 5.70. The fourth-order valence-electron chi connectivity index (χ4n) is 12.0. The van der Waals surface area contributed by atoms with Crippen LogP contribution in [0.2, 0.25) is 0 Å². The van der Waals surface area contributed by atoms with Crippen LogP contribution in [0.4, 0.5) is 0 Å². The van der Waals surface area contributed by atoms with Gasteiger partial charge in [-0.25, -0.2) is 0 Å². The van der Waals surface area contributed by atoms with Crippen LogP contribution >= 0.6 is 0 Å². The van der Waals surface area contributed by atoms with Crippen LogP contribution < -0.4 is 0 Å². The van der Waals surface area contributed by atoms with E-state index < -0.39 is 6.10 Å². The van der Waals surface area contributed by atoms with Crippen molar-refractivity contribution >= 4 is 11.9 Å². The first-order chi connectivity index (χ1) is 41.6. The zero-order valence-electron chi connectivity index (χ0n) is 56.9. The highest BCUT2D eigenvalue weighted by Gasteiger charge is 2.16. The highest BCUT2D eigenvalue weighted by Crippen LogP contribution is 2.20. The lowest BCUT2D eigenvalue weighted by Crippen LogP contribution is -2.28. The van der Waals surface area contributed by atoms with E-state index in [0.717, 1.165) is 57.8 Å². The number of unbranched alkanes of at least 4 members (excludes halogenated alkanes) is 56. The SMILES string of the molecule is CC/C=C\C/C=C\C/C=C\C/C=C\CCCCCCCCCCCCCCCCCCC(=O)OC(CO)COC(=O)CCCCCCCCCCCCCCCCCCCCCCCCCCCCCCCCCCCCCCCCCCC. The van der Waals surface area contributed by atoms with E-state index in [1.165, 1.54) is 340 Å². The van der Waals surface area contributed by atoms with Gasteiger partial charge in [-0.3, -0.25) is 9.59 Å². The maximum Gasteiger partial charge on any atom is 0.306 e. The molecule has 0 saturated carbocycles. The Hall–Kier alpha value is -2.14. The predicted octanol–water partition coefficient (Wildman–Crippen LogP) is 26.7. The first-order valence-corrected chi connectivity index (χ1v) is 38.2. The molecule has 0 aromatic rings. The smallest absolute Gasteiger partial charge is 0.306 e. The van der Waals surface area contributed by atoms with Gasteiger partial charge in [0.1, 0.15) is 6.61 Å². The Balaban J connectivity index is 3.35. The van der Waals surface area contributed by atoms with Crippen molar-refractivity contribution < 1.29 is 24.2 Å². The standard InChI is InChI=1S/C79H148O5/c1-3-5-7-9-11-13-15-17-19-21-23-25-27-29-31-33-34-35-36-37-38-39-40-41-42-43-44-46-47-49-51-53-55-57-59-61-63-65-67-69-71-73-78(81)83-76-77(75-80)84-79(82)74-72-70-68-66-64-62-60-58-56-54-52-50-48-45-32-30-28-26-24-22-20-18-16-14-12-10-8-6-4-2/h6,8,12,14,18,20,24,26,77,80H,3-5,7,9-11,13,15-17,19,21-23,25,27-76H2,1-2H3/b8-6-,14-12-,20-18-,26-24-. The number of carbonyl (C=O) groups is 2. The normalized spacial score (nSPS) is 12.4. The van der Waals surface area contributed by atoms with E-state index in [9.17, 15) is 14.7 Å². The lowest BCUT2D eigenvalue weighted by molar-refractivity contribution is -0.161. The molecule has 1 unspecified atom stereocenters. The van der Waals surface area contributed by atoms with Crippen molar-refractivity contribution in [2.24, 2.45) is 0 Å². The third-order valence-corrected chi connectivity index (χ3v) is 17.6. The first-order valence-electron chi connectivity index (χ1n) is 38.2. The molecule has 0 aliphatic rings. The first kappa shape index (κ1) is 81.9. The van der Waals surface area contributed by atoms with Gasteiger partial charge in [0.25, 0.3) is 0 Å². The van der Waals surface area contributed by atoms with Gasteiger partial charge in [-0.05, 0) is 51.4 Å². The Morgan fingerprint density at radius 2 is 0.512 bits per heavy atom. The van der Waals surface area contributed by atoms with Crippen LogP contribution in [0.3, 0.4) is 0 Å². The number of hydrogen-bond acceptors (Lipinski definition) is 5. The van der Waals surface area contributed by atoms with Crippen molar-refractivity contribution in [3.8, 4) is 0 Å². The number of carbonyl (C=O) groups excluding carboxylic acids is 2. The van der Waals surface area contributed by atoms with Crippen LogP contribution in [0.25, 0.3) is 0 Å². The molecule has 0 heterocycles. The van der Waals surface area contributed by atoms with Gasteiger partial charge >= 0.3 is 11.9 Å². The number of esters is 2. The van der Waals surface area contributed by atoms with Gasteiger partial charge in [0.2, 0.25) is 0 Å². The molecule has 84 heavy (non-hydrogen) atoms. The minimum absolute atomic E-state index is 0.0605. The zero-order valence-corrected chi connectivity index (χ0v) is 56.9. The number of rotatable bonds is 72. The summed E-state index contributed by atoms with van der Waals surface area (Å²) < 4.78 is 10.8. The molecule has 0 aromatic heterocycles. The molecule has 1 N–H and O–H groups in total. The Labute approximate surface area is 526 Å². The Morgan fingerprint density at radius 1 is 0.286 bits per heavy atom. The lowest BCUT2D eigenvalue weighted by Gasteiger charge is -2.15. The molecule has 5 nitrogen and oxygen atoms in total. The van der Waals surface area contributed by atoms with E-state index in [0.29, 0.717) is 12.8 Å². The Morgan fingerprint density at radius 3 is 0.774 bits per heavy atom. The van der Waals surface area contributed by atoms with Crippen LogP contribution in [-0.4, -0.2) is 36.4 Å². The summed E-state index contributed by atoms with van der Waals surface area (Å²) in [4.78, 5) is 24.7. The number of ether oxygens (including phenoxy) is 2. The van der Waals surface area contributed by atoms with Gasteiger partial charge < -0.3 is 14.6 Å². The fraction of sp³-hybridized carbons (Fsp3) is 0.873. The summed E-state index contributed by atoms with van der Waals surface area (Å²) in [5, 5.41) is 9.71. The Kier molecular flexibility index (Phi) is 73.2. The van der Waals surface area contributed by atoms with Crippen molar-refractivity contribution in [2.75, 3.05) is 13.2 Å². The highest BCUT2D eigenvalue weighted by atomic mass is 16.6. The number of hydrogen-bond donors (Lipinski definition) is 1. The van der Waals surface area contributed by atoms with Gasteiger partial charge in [-0.2, -0.15) is 0 Å². The average Bonchev–Trinajstić information content (AvgIpc) is 3.51. The van der Waals surface area contributed by atoms with Gasteiger partial charge in [-0.1, -0.05) is 409 Å². The van der Waals surface area contributed by atoms with Crippen LogP contribution in [0.5, 0.6) is 0 Å². The summed E-state index contributed by atoms with van der Waals surface area (Å²) in [5.41, 5.74) is 0. The summed E-state index contributed by atoms with van der Waals surface area (Å²) in [6.07, 6.45) is 102. The summed E-state index contributed by atoms with van der Waals surface area (Å²) in [6.45, 7) is 4.09. The van der Waals surface area contributed by atoms with Crippen molar-refractivity contribution in [1.29, 1.82) is 0 Å². The van der Waals surface area contributed by atoms with Crippen molar-refractivity contribution in [1.82, 2.24) is 0 Å². The minimum Gasteiger partial charge on any atom is -0.462 e. The van der Waals surface area contributed by atoms with Crippen LogP contribution in [0.15, 0.2) is 48.6 Å². The molecule has 0 radical (unpaired) electrons. The van der Waals surface area contributed by atoms with Crippen molar-refractivity contribution in [3.63, 3.8) is 0 Å². The summed E-state index contributed by atoms with van der Waals surface area (Å²) >= 11 is 0. The third-order valence-electron chi connectivity index (χ3n) is 17.6. The topological polar surface area (TPSA) is 72.8 Å². The quantitative estimate of drug-likeness (QED) is 0.0373. The molecule has 0 amide bonds. The van der Waals surface area contributed by atoms with Gasteiger partial charge in [0.15, 0.2) is 6.10 Å². The lowest BCUT2D eigenvalue weighted by atomic mass is 10.0. The molecule has 0 spiro atoms. The van der Waals surface area contributed by atoms with Crippen LogP contribution in [0.1, 0.15) is 425 Å². The molecule has 0 rings (SSSR count). The summed E-state index contributed by atoms with van der Waals surface area (Å²) in [5.74, 6) is -0.567. The molecule has 0 saturated heterocycles. The molecule has 5 heteroatoms. The minimum atomic E-state index is -0.772. The number of allylic oxidation sites excluding steroid dienone is 8. The molecule has 0 fully saturated rings. The molecule has 0 aliphatic carbocycles. The van der Waals surface area contributed by atoms with Crippen molar-refractivity contribution in [2.45, 2.75) is 431 Å². The van der Waals surface area contributed by atoms with E-state index in [-0.39, 0.29) is 25.2 Å². The summed E-state index contributed by atoms with van der Waals surface area (Å²) in [6, 6.07) is 0. The zero-order chi connectivity index (χ0) is 60.5. The summed E-state index contributed by atoms with van der Waals surface area (Å²) in [7, 11) is 0. The molecule has 1 atom stereocenters. The molecule has 0 aromatic carbocycles. The Bertz CT molecular complexity index is 1380. The van der Waals surface area contributed by atoms with E-state index >= 15 is 0 Å². The molecular weight excluding hydrogens is 1030 g/mol. The van der Waals surface area contributed by atoms with E-state index in [4.69, 9.17) is 9.47 Å². The van der Waals surface area contributed by atoms with Gasteiger partial charge in [0.05, 0.1) is 6.61 Å². The second kappa shape index (κ2) is 75.1. The molecule has 0 bridgehead atoms. The third kappa shape index (κ3) is 72.3. The van der Waals surface area contributed by atoms with Gasteiger partial charge in [0, 0.05) is 12.8 Å². The largest absolute Gasteiger partial charge is 0.462 e.